The van der Waals surface area contributed by atoms with Crippen LogP contribution in [0.2, 0.25) is 0 Å². The summed E-state index contributed by atoms with van der Waals surface area (Å²) in [5.41, 5.74) is -1.08. The van der Waals surface area contributed by atoms with Crippen LogP contribution >= 0.6 is 0 Å². The lowest BCUT2D eigenvalue weighted by Gasteiger charge is -2.14. The maximum Gasteiger partial charge on any atom is 0.309 e. The predicted octanol–water partition coefficient (Wildman–Crippen LogP) is 3.01. The molecular weight excluding hydrogens is 208 g/mol. The van der Waals surface area contributed by atoms with Crippen LogP contribution in [0, 0.1) is 10.8 Å². The molecule has 0 saturated heterocycles. The molecule has 0 aliphatic carbocycles. The highest BCUT2D eigenvalue weighted by Crippen LogP contribution is 2.19. The molecule has 4 heteroatoms. The SMILES string of the molecule is CCC(C)(C)C(=O)O.CCC(C)(C)C(=O)O. The number of hydrogen-bond donors (Lipinski definition) is 2. The van der Waals surface area contributed by atoms with Crippen LogP contribution in [0.3, 0.4) is 0 Å². The topological polar surface area (TPSA) is 74.6 Å². The number of aliphatic carboxylic acids is 2. The normalized spacial score (nSPS) is 11.4. The smallest absolute Gasteiger partial charge is 0.309 e. The van der Waals surface area contributed by atoms with Gasteiger partial charge < -0.3 is 10.2 Å². The van der Waals surface area contributed by atoms with Gasteiger partial charge in [0, 0.05) is 0 Å². The summed E-state index contributed by atoms with van der Waals surface area (Å²) in [5.74, 6) is -1.44. The summed E-state index contributed by atoms with van der Waals surface area (Å²) in [4.78, 5) is 20.5. The molecule has 2 N–H and O–H groups in total. The molecule has 0 atom stereocenters. The van der Waals surface area contributed by atoms with Gasteiger partial charge in [0.25, 0.3) is 0 Å². The van der Waals surface area contributed by atoms with Crippen LogP contribution in [-0.4, -0.2) is 22.2 Å². The fourth-order valence-electron chi connectivity index (χ4n) is 0.302. The van der Waals surface area contributed by atoms with E-state index in [0.29, 0.717) is 12.8 Å². The van der Waals surface area contributed by atoms with Gasteiger partial charge in [0.2, 0.25) is 0 Å². The van der Waals surface area contributed by atoms with E-state index in [-0.39, 0.29) is 0 Å². The van der Waals surface area contributed by atoms with Gasteiger partial charge in [-0.05, 0) is 40.5 Å². The largest absolute Gasteiger partial charge is 0.481 e. The molecule has 0 unspecified atom stereocenters. The van der Waals surface area contributed by atoms with Gasteiger partial charge >= 0.3 is 11.9 Å². The summed E-state index contributed by atoms with van der Waals surface area (Å²) in [6.45, 7) is 10.6. The first-order valence-corrected chi connectivity index (χ1v) is 5.48. The highest BCUT2D eigenvalue weighted by atomic mass is 16.4. The minimum absolute atomic E-state index is 0.542. The van der Waals surface area contributed by atoms with E-state index in [1.807, 2.05) is 13.8 Å². The molecule has 0 spiro atoms. The Morgan fingerprint density at radius 3 is 1.00 bits per heavy atom. The van der Waals surface area contributed by atoms with Crippen LogP contribution in [-0.2, 0) is 9.59 Å². The summed E-state index contributed by atoms with van der Waals surface area (Å²) in [5, 5.41) is 16.9. The number of carboxylic acid groups (broad SMARTS) is 2. The first kappa shape index (κ1) is 17.3. The fraction of sp³-hybridized carbons (Fsp3) is 0.833. The molecule has 0 rings (SSSR count). The molecule has 16 heavy (non-hydrogen) atoms. The standard InChI is InChI=1S/2C6H12O2/c2*1-4-6(2,3)5(7)8/h2*4H2,1-3H3,(H,7,8). The molecule has 0 bridgehead atoms. The summed E-state index contributed by atoms with van der Waals surface area (Å²) < 4.78 is 0. The molecule has 0 saturated carbocycles. The Balaban J connectivity index is 0. The number of carboxylic acids is 2. The van der Waals surface area contributed by atoms with E-state index in [2.05, 4.69) is 0 Å². The highest BCUT2D eigenvalue weighted by molar-refractivity contribution is 5.73. The van der Waals surface area contributed by atoms with Gasteiger partial charge in [0.05, 0.1) is 10.8 Å². The van der Waals surface area contributed by atoms with Crippen LogP contribution in [0.25, 0.3) is 0 Å². The molecular formula is C12H24O4. The third-order valence-corrected chi connectivity index (χ3v) is 2.93. The average Bonchev–Trinajstić information content (AvgIpc) is 2.18. The van der Waals surface area contributed by atoms with Crippen LogP contribution in [0.4, 0.5) is 0 Å². The Labute approximate surface area is 97.7 Å². The summed E-state index contributed by atoms with van der Waals surface area (Å²) in [7, 11) is 0. The fourth-order valence-corrected chi connectivity index (χ4v) is 0.302. The van der Waals surface area contributed by atoms with Crippen LogP contribution in [0.1, 0.15) is 54.4 Å². The number of rotatable bonds is 4. The van der Waals surface area contributed by atoms with Crippen molar-refractivity contribution in [2.24, 2.45) is 10.8 Å². The Morgan fingerprint density at radius 2 is 1.00 bits per heavy atom. The lowest BCUT2D eigenvalue weighted by molar-refractivity contribution is -0.147. The zero-order valence-electron chi connectivity index (χ0n) is 11.1. The molecule has 0 aliphatic rings. The van der Waals surface area contributed by atoms with Gasteiger partial charge in [-0.15, -0.1) is 0 Å². The van der Waals surface area contributed by atoms with Gasteiger partial charge in [0.1, 0.15) is 0 Å². The van der Waals surface area contributed by atoms with E-state index in [4.69, 9.17) is 10.2 Å². The van der Waals surface area contributed by atoms with E-state index in [0.717, 1.165) is 0 Å². The van der Waals surface area contributed by atoms with Crippen LogP contribution in [0.5, 0.6) is 0 Å². The van der Waals surface area contributed by atoms with Crippen LogP contribution < -0.4 is 0 Å². The van der Waals surface area contributed by atoms with Gasteiger partial charge in [0.15, 0.2) is 0 Å². The van der Waals surface area contributed by atoms with Crippen molar-refractivity contribution in [2.75, 3.05) is 0 Å². The summed E-state index contributed by atoms with van der Waals surface area (Å²) in [6, 6.07) is 0. The Bertz CT molecular complexity index is 215. The van der Waals surface area contributed by atoms with E-state index in [1.54, 1.807) is 27.7 Å². The lowest BCUT2D eigenvalue weighted by atomic mass is 9.91. The molecule has 0 heterocycles. The second kappa shape index (κ2) is 6.51. The molecule has 4 nitrogen and oxygen atoms in total. The third-order valence-electron chi connectivity index (χ3n) is 2.93. The molecule has 0 fully saturated rings. The molecule has 0 aromatic carbocycles. The zero-order valence-corrected chi connectivity index (χ0v) is 11.1. The Hall–Kier alpha value is -1.06. The van der Waals surface area contributed by atoms with Gasteiger partial charge in [-0.2, -0.15) is 0 Å². The monoisotopic (exact) mass is 232 g/mol. The molecule has 0 aliphatic heterocycles. The highest BCUT2D eigenvalue weighted by Gasteiger charge is 2.24. The quantitative estimate of drug-likeness (QED) is 0.781. The molecule has 0 radical (unpaired) electrons. The molecule has 0 aromatic heterocycles. The predicted molar refractivity (Wildman–Crippen MR) is 63.4 cm³/mol. The number of carbonyl (C=O) groups is 2. The van der Waals surface area contributed by atoms with Crippen LogP contribution in [0.15, 0.2) is 0 Å². The van der Waals surface area contributed by atoms with E-state index in [9.17, 15) is 9.59 Å². The van der Waals surface area contributed by atoms with Crippen molar-refractivity contribution < 1.29 is 19.8 Å². The van der Waals surface area contributed by atoms with Gasteiger partial charge in [-0.25, -0.2) is 0 Å². The molecule has 96 valence electrons. The Morgan fingerprint density at radius 1 is 0.812 bits per heavy atom. The van der Waals surface area contributed by atoms with Crippen molar-refractivity contribution in [2.45, 2.75) is 54.4 Å². The minimum atomic E-state index is -0.722. The minimum Gasteiger partial charge on any atom is -0.481 e. The van der Waals surface area contributed by atoms with Crippen molar-refractivity contribution in [1.82, 2.24) is 0 Å². The van der Waals surface area contributed by atoms with Crippen molar-refractivity contribution in [3.8, 4) is 0 Å². The zero-order chi connectivity index (χ0) is 13.6. The average molecular weight is 232 g/mol. The van der Waals surface area contributed by atoms with E-state index >= 15 is 0 Å². The van der Waals surface area contributed by atoms with Gasteiger partial charge in [-0.3, -0.25) is 9.59 Å². The third kappa shape index (κ3) is 6.43. The van der Waals surface area contributed by atoms with Crippen molar-refractivity contribution in [3.05, 3.63) is 0 Å². The second-order valence-corrected chi connectivity index (χ2v) is 5.09. The van der Waals surface area contributed by atoms with Crippen molar-refractivity contribution >= 4 is 11.9 Å². The van der Waals surface area contributed by atoms with Crippen molar-refractivity contribution in [3.63, 3.8) is 0 Å². The molecule has 0 aromatic rings. The van der Waals surface area contributed by atoms with Crippen molar-refractivity contribution in [1.29, 1.82) is 0 Å². The van der Waals surface area contributed by atoms with E-state index < -0.39 is 22.8 Å². The lowest BCUT2D eigenvalue weighted by Crippen LogP contribution is -2.21. The van der Waals surface area contributed by atoms with Gasteiger partial charge in [-0.1, -0.05) is 13.8 Å². The maximum atomic E-state index is 10.3. The van der Waals surface area contributed by atoms with E-state index in [1.165, 1.54) is 0 Å². The summed E-state index contributed by atoms with van der Waals surface area (Å²) in [6.07, 6.45) is 1.37. The maximum absolute atomic E-state index is 10.3. The first-order chi connectivity index (χ1) is 7.01. The Kier molecular flexibility index (Phi) is 7.05. The second-order valence-electron chi connectivity index (χ2n) is 5.09. The number of hydrogen-bond acceptors (Lipinski definition) is 2. The molecule has 0 amide bonds. The summed E-state index contributed by atoms with van der Waals surface area (Å²) >= 11 is 0. The first-order valence-electron chi connectivity index (χ1n) is 5.48.